The summed E-state index contributed by atoms with van der Waals surface area (Å²) in [4.78, 5) is 0. The van der Waals surface area contributed by atoms with Crippen LogP contribution >= 0.6 is 15.9 Å². The molecule has 0 saturated heterocycles. The smallest absolute Gasteiger partial charge is 0.143 e. The second-order valence-electron chi connectivity index (χ2n) is 4.63. The zero-order chi connectivity index (χ0) is 15.6. The second-order valence-corrected chi connectivity index (χ2v) is 5.49. The van der Waals surface area contributed by atoms with E-state index in [9.17, 15) is 18.3 Å². The van der Waals surface area contributed by atoms with Crippen LogP contribution in [0, 0.1) is 17.5 Å². The van der Waals surface area contributed by atoms with E-state index >= 15 is 0 Å². The third-order valence-corrected chi connectivity index (χ3v) is 3.86. The van der Waals surface area contributed by atoms with Gasteiger partial charge in [0.05, 0.1) is 10.6 Å². The summed E-state index contributed by atoms with van der Waals surface area (Å²) >= 11 is 3.03. The van der Waals surface area contributed by atoms with Crippen LogP contribution < -0.4 is 5.73 Å². The highest BCUT2D eigenvalue weighted by Gasteiger charge is 2.25. The highest BCUT2D eigenvalue weighted by atomic mass is 79.9. The Morgan fingerprint density at radius 3 is 2.29 bits per heavy atom. The molecule has 2 aromatic carbocycles. The van der Waals surface area contributed by atoms with Crippen LogP contribution in [-0.4, -0.2) is 11.7 Å². The maximum absolute atomic E-state index is 14.0. The van der Waals surface area contributed by atoms with E-state index in [0.29, 0.717) is 0 Å². The third kappa shape index (κ3) is 3.45. The zero-order valence-corrected chi connectivity index (χ0v) is 12.4. The molecule has 0 amide bonds. The molecule has 0 spiro atoms. The highest BCUT2D eigenvalue weighted by molar-refractivity contribution is 9.10. The van der Waals surface area contributed by atoms with Crippen LogP contribution in [-0.2, 0) is 0 Å². The van der Waals surface area contributed by atoms with Gasteiger partial charge in [0, 0.05) is 24.1 Å². The van der Waals surface area contributed by atoms with Crippen molar-refractivity contribution in [3.05, 3.63) is 69.4 Å². The van der Waals surface area contributed by atoms with Gasteiger partial charge in [0.25, 0.3) is 0 Å². The first-order valence-corrected chi connectivity index (χ1v) is 7.01. The second kappa shape index (κ2) is 6.60. The van der Waals surface area contributed by atoms with E-state index in [2.05, 4.69) is 15.9 Å². The molecule has 0 aromatic heterocycles. The molecule has 0 saturated carbocycles. The summed E-state index contributed by atoms with van der Waals surface area (Å²) < 4.78 is 40.8. The molecule has 0 radical (unpaired) electrons. The van der Waals surface area contributed by atoms with Crippen molar-refractivity contribution >= 4 is 15.9 Å². The summed E-state index contributed by atoms with van der Waals surface area (Å²) in [5.74, 6) is -2.99. The van der Waals surface area contributed by atoms with Crippen molar-refractivity contribution in [1.82, 2.24) is 0 Å². The first kappa shape index (κ1) is 16.0. The van der Waals surface area contributed by atoms with Gasteiger partial charge in [-0.1, -0.05) is 12.1 Å². The lowest BCUT2D eigenvalue weighted by Gasteiger charge is -2.23. The molecule has 2 unspecified atom stereocenters. The number of aliphatic hydroxyl groups is 1. The molecule has 2 atom stereocenters. The number of hydrogen-bond acceptors (Lipinski definition) is 2. The number of hydrogen-bond donors (Lipinski definition) is 2. The minimum absolute atomic E-state index is 0.0181. The molecular formula is C15H13BrF3NO. The molecular weight excluding hydrogens is 347 g/mol. The van der Waals surface area contributed by atoms with Gasteiger partial charge < -0.3 is 10.8 Å². The Labute approximate surface area is 128 Å². The van der Waals surface area contributed by atoms with Crippen molar-refractivity contribution in [2.45, 2.75) is 12.0 Å². The fourth-order valence-corrected chi connectivity index (χ4v) is 2.58. The SMILES string of the molecule is NCC(c1cc(F)cc(F)c1)C(O)c1cccc(Br)c1F. The first-order chi connectivity index (χ1) is 9.93. The third-order valence-electron chi connectivity index (χ3n) is 3.25. The molecule has 0 aliphatic heterocycles. The van der Waals surface area contributed by atoms with Gasteiger partial charge in [-0.05, 0) is 39.7 Å². The molecule has 2 rings (SSSR count). The zero-order valence-electron chi connectivity index (χ0n) is 10.9. The van der Waals surface area contributed by atoms with Gasteiger partial charge in [-0.3, -0.25) is 0 Å². The van der Waals surface area contributed by atoms with Crippen molar-refractivity contribution in [2.24, 2.45) is 5.73 Å². The quantitative estimate of drug-likeness (QED) is 0.875. The Balaban J connectivity index is 2.43. The molecule has 2 aromatic rings. The Morgan fingerprint density at radius 2 is 1.71 bits per heavy atom. The summed E-state index contributed by atoms with van der Waals surface area (Å²) in [5, 5.41) is 10.3. The average Bonchev–Trinajstić information content (AvgIpc) is 2.41. The minimum atomic E-state index is -1.31. The Kier molecular flexibility index (Phi) is 5.03. The molecule has 0 aliphatic carbocycles. The molecule has 0 fully saturated rings. The van der Waals surface area contributed by atoms with Gasteiger partial charge in [-0.25, -0.2) is 13.2 Å². The lowest BCUT2D eigenvalue weighted by molar-refractivity contribution is 0.142. The van der Waals surface area contributed by atoms with Crippen molar-refractivity contribution in [2.75, 3.05) is 6.54 Å². The Morgan fingerprint density at radius 1 is 1.10 bits per heavy atom. The van der Waals surface area contributed by atoms with Crippen LogP contribution in [0.1, 0.15) is 23.1 Å². The maximum Gasteiger partial charge on any atom is 0.143 e. The molecule has 0 aliphatic rings. The van der Waals surface area contributed by atoms with E-state index in [0.717, 1.165) is 18.2 Å². The number of nitrogens with two attached hydrogens (primary N) is 1. The predicted molar refractivity (Wildman–Crippen MR) is 77.2 cm³/mol. The normalized spacial score (nSPS) is 14.0. The van der Waals surface area contributed by atoms with Crippen molar-refractivity contribution in [3.8, 4) is 0 Å². The molecule has 0 heterocycles. The molecule has 3 N–H and O–H groups in total. The molecule has 0 bridgehead atoms. The van der Waals surface area contributed by atoms with Crippen LogP contribution in [0.2, 0.25) is 0 Å². The van der Waals surface area contributed by atoms with E-state index in [4.69, 9.17) is 5.73 Å². The fourth-order valence-electron chi connectivity index (χ4n) is 2.20. The number of rotatable bonds is 4. The molecule has 21 heavy (non-hydrogen) atoms. The van der Waals surface area contributed by atoms with E-state index < -0.39 is 29.5 Å². The monoisotopic (exact) mass is 359 g/mol. The first-order valence-electron chi connectivity index (χ1n) is 6.22. The summed E-state index contributed by atoms with van der Waals surface area (Å²) in [6.07, 6.45) is -1.31. The van der Waals surface area contributed by atoms with Crippen molar-refractivity contribution in [3.63, 3.8) is 0 Å². The topological polar surface area (TPSA) is 46.2 Å². The number of halogens is 4. The maximum atomic E-state index is 14.0. The Hall–Kier alpha value is -1.37. The summed E-state index contributed by atoms with van der Waals surface area (Å²) in [6, 6.07) is 7.35. The van der Waals surface area contributed by atoms with E-state index in [1.165, 1.54) is 12.1 Å². The van der Waals surface area contributed by atoms with Crippen LogP contribution in [0.25, 0.3) is 0 Å². The van der Waals surface area contributed by atoms with Gasteiger partial charge in [0.15, 0.2) is 0 Å². The van der Waals surface area contributed by atoms with E-state index in [1.54, 1.807) is 6.07 Å². The van der Waals surface area contributed by atoms with Crippen molar-refractivity contribution < 1.29 is 18.3 Å². The van der Waals surface area contributed by atoms with Crippen LogP contribution in [0.5, 0.6) is 0 Å². The van der Waals surface area contributed by atoms with E-state index in [1.807, 2.05) is 0 Å². The largest absolute Gasteiger partial charge is 0.388 e. The van der Waals surface area contributed by atoms with Crippen molar-refractivity contribution in [1.29, 1.82) is 0 Å². The lowest BCUT2D eigenvalue weighted by atomic mass is 9.89. The predicted octanol–water partition coefficient (Wildman–Crippen LogP) is 3.64. The van der Waals surface area contributed by atoms with E-state index in [-0.39, 0.29) is 22.1 Å². The lowest BCUT2D eigenvalue weighted by Crippen LogP contribution is -2.21. The number of benzene rings is 2. The van der Waals surface area contributed by atoms with Crippen LogP contribution in [0.4, 0.5) is 13.2 Å². The highest BCUT2D eigenvalue weighted by Crippen LogP contribution is 2.34. The Bertz CT molecular complexity index is 631. The molecule has 6 heteroatoms. The fraction of sp³-hybridized carbons (Fsp3) is 0.200. The van der Waals surface area contributed by atoms with Crippen LogP contribution in [0.3, 0.4) is 0 Å². The standard InChI is InChI=1S/C15H13BrF3NO/c16-13-3-1-2-11(14(13)19)15(21)12(7-20)8-4-9(17)6-10(18)5-8/h1-6,12,15,21H,7,20H2. The van der Waals surface area contributed by atoms with Gasteiger partial charge in [0.1, 0.15) is 17.5 Å². The number of aliphatic hydroxyl groups excluding tert-OH is 1. The summed E-state index contributed by atoms with van der Waals surface area (Å²) in [7, 11) is 0. The summed E-state index contributed by atoms with van der Waals surface area (Å²) in [6.45, 7) is -0.0873. The van der Waals surface area contributed by atoms with Gasteiger partial charge in [-0.2, -0.15) is 0 Å². The van der Waals surface area contributed by atoms with Gasteiger partial charge in [-0.15, -0.1) is 0 Å². The summed E-state index contributed by atoms with van der Waals surface area (Å²) in [5.41, 5.74) is 5.79. The molecule has 112 valence electrons. The van der Waals surface area contributed by atoms with Crippen LogP contribution in [0.15, 0.2) is 40.9 Å². The average molecular weight is 360 g/mol. The minimum Gasteiger partial charge on any atom is -0.388 e. The van der Waals surface area contributed by atoms with Gasteiger partial charge >= 0.3 is 0 Å². The van der Waals surface area contributed by atoms with Gasteiger partial charge in [0.2, 0.25) is 0 Å². The molecule has 2 nitrogen and oxygen atoms in total.